The molecule has 0 aromatic rings. The summed E-state index contributed by atoms with van der Waals surface area (Å²) in [5, 5.41) is 0. The average molecular weight is 303 g/mol. The van der Waals surface area contributed by atoms with Crippen LogP contribution in [0, 0.1) is 0 Å². The summed E-state index contributed by atoms with van der Waals surface area (Å²) < 4.78 is 2.80. The van der Waals surface area contributed by atoms with Gasteiger partial charge in [-0.1, -0.05) is 58.9 Å². The van der Waals surface area contributed by atoms with E-state index in [-0.39, 0.29) is 0 Å². The molecule has 0 saturated heterocycles. The molecule has 0 aliphatic rings. The lowest BCUT2D eigenvalue weighted by Crippen LogP contribution is -2.47. The molecule has 0 saturated carbocycles. The number of unbranched alkanes of at least 4 members (excludes halogenated alkanes) is 3. The quantitative estimate of drug-likeness (QED) is 0.446. The molecule has 0 aromatic heterocycles. The molecular formula is C15H38N2Si2. The topological polar surface area (TPSA) is 15.3 Å². The Hall–Kier alpha value is 0.354. The molecule has 0 radical (unpaired) electrons. The zero-order valence-corrected chi connectivity index (χ0v) is 16.6. The van der Waals surface area contributed by atoms with Gasteiger partial charge >= 0.3 is 0 Å². The van der Waals surface area contributed by atoms with Crippen molar-refractivity contribution in [2.45, 2.75) is 77.8 Å². The van der Waals surface area contributed by atoms with Crippen molar-refractivity contribution in [2.24, 2.45) is 0 Å². The molecule has 0 fully saturated rings. The predicted molar refractivity (Wildman–Crippen MR) is 95.0 cm³/mol. The predicted octanol–water partition coefficient (Wildman–Crippen LogP) is 4.52. The molecule has 0 amide bonds. The van der Waals surface area contributed by atoms with Gasteiger partial charge in [0.1, 0.15) is 16.5 Å². The highest BCUT2D eigenvalue weighted by Crippen LogP contribution is 2.15. The maximum atomic E-state index is 3.53. The second kappa shape index (κ2) is 9.32. The molecule has 0 unspecified atom stereocenters. The van der Waals surface area contributed by atoms with E-state index in [1.165, 1.54) is 51.2 Å². The molecule has 4 heteroatoms. The van der Waals surface area contributed by atoms with Gasteiger partial charge in [0.15, 0.2) is 0 Å². The standard InChI is InChI=1S/C15H38N2Si2/c1-8-9-13-17(18(3,4)5)14-11-10-12-15-19(6,7)16-2/h16H,8-15H2,1-7H3. The minimum Gasteiger partial charge on any atom is -0.340 e. The van der Waals surface area contributed by atoms with Crippen molar-refractivity contribution < 1.29 is 0 Å². The molecule has 2 nitrogen and oxygen atoms in total. The van der Waals surface area contributed by atoms with E-state index in [9.17, 15) is 0 Å². The molecule has 0 aliphatic carbocycles. The minimum absolute atomic E-state index is 1.07. The SMILES string of the molecule is CCCCN(CCCCC[Si](C)(C)NC)[Si](C)(C)C. The summed E-state index contributed by atoms with van der Waals surface area (Å²) in [6.07, 6.45) is 6.90. The van der Waals surface area contributed by atoms with Gasteiger partial charge in [0.2, 0.25) is 0 Å². The first-order valence-electron chi connectivity index (χ1n) is 8.17. The summed E-state index contributed by atoms with van der Waals surface area (Å²) in [6.45, 7) is 17.3. The molecular weight excluding hydrogens is 264 g/mol. The molecule has 116 valence electrons. The molecule has 0 bridgehead atoms. The molecule has 0 spiro atoms. The van der Waals surface area contributed by atoms with Gasteiger partial charge in [-0.25, -0.2) is 0 Å². The van der Waals surface area contributed by atoms with Crippen molar-refractivity contribution in [3.05, 3.63) is 0 Å². The Morgan fingerprint density at radius 1 is 0.842 bits per heavy atom. The summed E-state index contributed by atoms with van der Waals surface area (Å²) in [4.78, 5) is 3.53. The largest absolute Gasteiger partial charge is 0.340 e. The second-order valence-electron chi connectivity index (χ2n) is 7.46. The highest BCUT2D eigenvalue weighted by Gasteiger charge is 2.22. The van der Waals surface area contributed by atoms with E-state index in [1.54, 1.807) is 0 Å². The summed E-state index contributed by atoms with van der Waals surface area (Å²) >= 11 is 0. The third kappa shape index (κ3) is 9.82. The van der Waals surface area contributed by atoms with E-state index in [0.717, 1.165) is 0 Å². The summed E-state index contributed by atoms with van der Waals surface area (Å²) in [5.41, 5.74) is 0. The van der Waals surface area contributed by atoms with Gasteiger partial charge in [-0.05, 0) is 39.0 Å². The molecule has 1 N–H and O–H groups in total. The van der Waals surface area contributed by atoms with Crippen LogP contribution in [0.5, 0.6) is 0 Å². The Morgan fingerprint density at radius 2 is 1.42 bits per heavy atom. The molecule has 0 heterocycles. The molecule has 0 atom stereocenters. The van der Waals surface area contributed by atoms with Crippen LogP contribution in [0.25, 0.3) is 0 Å². The zero-order valence-electron chi connectivity index (χ0n) is 14.6. The van der Waals surface area contributed by atoms with E-state index >= 15 is 0 Å². The molecule has 0 rings (SSSR count). The molecule has 0 aliphatic heterocycles. The van der Waals surface area contributed by atoms with Crippen LogP contribution in [0.15, 0.2) is 0 Å². The first-order chi connectivity index (χ1) is 8.73. The van der Waals surface area contributed by atoms with Crippen LogP contribution in [0.3, 0.4) is 0 Å². The van der Waals surface area contributed by atoms with Crippen LogP contribution >= 0.6 is 0 Å². The Balaban J connectivity index is 3.87. The fraction of sp³-hybridized carbons (Fsp3) is 1.00. The Labute approximate surface area is 124 Å². The maximum Gasteiger partial charge on any atom is 0.119 e. The lowest BCUT2D eigenvalue weighted by atomic mass is 10.2. The van der Waals surface area contributed by atoms with Crippen molar-refractivity contribution in [3.8, 4) is 0 Å². The van der Waals surface area contributed by atoms with E-state index < -0.39 is 16.5 Å². The van der Waals surface area contributed by atoms with Crippen LogP contribution in [0.2, 0.25) is 38.8 Å². The average Bonchev–Trinajstić information content (AvgIpc) is 2.31. The van der Waals surface area contributed by atoms with Gasteiger partial charge in [-0.2, -0.15) is 0 Å². The van der Waals surface area contributed by atoms with E-state index in [1.807, 2.05) is 0 Å². The van der Waals surface area contributed by atoms with Crippen LogP contribution < -0.4 is 4.98 Å². The highest BCUT2D eigenvalue weighted by atomic mass is 28.3. The van der Waals surface area contributed by atoms with Crippen molar-refractivity contribution in [3.63, 3.8) is 0 Å². The van der Waals surface area contributed by atoms with Crippen molar-refractivity contribution in [1.82, 2.24) is 9.55 Å². The van der Waals surface area contributed by atoms with Crippen LogP contribution in [0.1, 0.15) is 39.0 Å². The minimum atomic E-state index is -1.10. The number of hydrogen-bond acceptors (Lipinski definition) is 2. The van der Waals surface area contributed by atoms with E-state index in [0.29, 0.717) is 0 Å². The van der Waals surface area contributed by atoms with Crippen LogP contribution in [-0.4, -0.2) is 41.2 Å². The van der Waals surface area contributed by atoms with Gasteiger partial charge in [0.25, 0.3) is 0 Å². The van der Waals surface area contributed by atoms with Crippen molar-refractivity contribution >= 4 is 16.5 Å². The Bertz CT molecular complexity index is 225. The van der Waals surface area contributed by atoms with Gasteiger partial charge in [0, 0.05) is 0 Å². The van der Waals surface area contributed by atoms with Gasteiger partial charge in [-0.15, -0.1) is 0 Å². The number of nitrogens with zero attached hydrogens (tertiary/aromatic N) is 1. The number of hydrogen-bond donors (Lipinski definition) is 1. The normalized spacial score (nSPS) is 13.3. The van der Waals surface area contributed by atoms with Gasteiger partial charge < -0.3 is 9.55 Å². The monoisotopic (exact) mass is 302 g/mol. The Kier molecular flexibility index (Phi) is 9.49. The number of nitrogens with one attached hydrogen (secondary N) is 1. The summed E-state index contributed by atoms with van der Waals surface area (Å²) in [5.74, 6) is 0. The summed E-state index contributed by atoms with van der Waals surface area (Å²) in [7, 11) is -0.0360. The zero-order chi connectivity index (χ0) is 14.9. The van der Waals surface area contributed by atoms with Crippen molar-refractivity contribution in [1.29, 1.82) is 0 Å². The number of rotatable bonds is 11. The molecule has 19 heavy (non-hydrogen) atoms. The smallest absolute Gasteiger partial charge is 0.119 e. The second-order valence-corrected chi connectivity index (χ2v) is 17.2. The third-order valence-corrected chi connectivity index (χ3v) is 9.44. The first kappa shape index (κ1) is 19.4. The first-order valence-corrected chi connectivity index (χ1v) is 14.8. The fourth-order valence-electron chi connectivity index (χ4n) is 2.30. The fourth-order valence-corrected chi connectivity index (χ4v) is 5.34. The highest BCUT2D eigenvalue weighted by molar-refractivity contribution is 6.74. The van der Waals surface area contributed by atoms with Crippen molar-refractivity contribution in [2.75, 3.05) is 20.1 Å². The van der Waals surface area contributed by atoms with Gasteiger partial charge in [0.05, 0.1) is 0 Å². The third-order valence-electron chi connectivity index (χ3n) is 4.14. The van der Waals surface area contributed by atoms with E-state index in [4.69, 9.17) is 0 Å². The maximum absolute atomic E-state index is 3.53. The molecule has 0 aromatic carbocycles. The van der Waals surface area contributed by atoms with E-state index in [2.05, 4.69) is 56.3 Å². The van der Waals surface area contributed by atoms with Crippen LogP contribution in [-0.2, 0) is 0 Å². The lowest BCUT2D eigenvalue weighted by Gasteiger charge is -2.34. The van der Waals surface area contributed by atoms with Crippen LogP contribution in [0.4, 0.5) is 0 Å². The Morgan fingerprint density at radius 3 is 1.89 bits per heavy atom. The lowest BCUT2D eigenvalue weighted by molar-refractivity contribution is 0.398. The summed E-state index contributed by atoms with van der Waals surface area (Å²) in [6, 6.07) is 1.42. The van der Waals surface area contributed by atoms with Gasteiger partial charge in [-0.3, -0.25) is 0 Å².